The molecule has 2 aromatic heterocycles. The highest BCUT2D eigenvalue weighted by Gasteiger charge is 2.09. The average Bonchev–Trinajstić information content (AvgIpc) is 3.30. The zero-order valence-electron chi connectivity index (χ0n) is 14.3. The van der Waals surface area contributed by atoms with Gasteiger partial charge in [-0.2, -0.15) is 0 Å². The molecular formula is C21H20N4O. The van der Waals surface area contributed by atoms with Crippen LogP contribution in [0.25, 0.3) is 22.3 Å². The summed E-state index contributed by atoms with van der Waals surface area (Å²) >= 11 is 0. The van der Waals surface area contributed by atoms with E-state index >= 15 is 0 Å². The third-order valence-corrected chi connectivity index (χ3v) is 4.42. The summed E-state index contributed by atoms with van der Waals surface area (Å²) in [6, 6.07) is 18.0. The number of benzene rings is 2. The molecule has 0 aliphatic heterocycles. The van der Waals surface area contributed by atoms with Crippen molar-refractivity contribution in [3.63, 3.8) is 0 Å². The van der Waals surface area contributed by atoms with Crippen LogP contribution in [-0.4, -0.2) is 27.4 Å². The molecule has 0 unspecified atom stereocenters. The number of aromatic amines is 2. The highest BCUT2D eigenvalue weighted by Crippen LogP contribution is 2.18. The first-order chi connectivity index (χ1) is 12.8. The lowest BCUT2D eigenvalue weighted by Crippen LogP contribution is -2.27. The van der Waals surface area contributed by atoms with Gasteiger partial charge in [-0.05, 0) is 11.6 Å². The number of H-pyrrole nitrogens is 2. The van der Waals surface area contributed by atoms with Crippen LogP contribution in [0.3, 0.4) is 0 Å². The van der Waals surface area contributed by atoms with Gasteiger partial charge in [-0.15, -0.1) is 0 Å². The number of carbonyl (C=O) groups is 1. The molecule has 2 heterocycles. The zero-order chi connectivity index (χ0) is 17.8. The summed E-state index contributed by atoms with van der Waals surface area (Å²) in [7, 11) is 0. The molecule has 5 heteroatoms. The van der Waals surface area contributed by atoms with Crippen LogP contribution >= 0.6 is 0 Å². The Kier molecular flexibility index (Phi) is 4.51. The topological polar surface area (TPSA) is 73.6 Å². The molecule has 3 N–H and O–H groups in total. The predicted octanol–water partition coefficient (Wildman–Crippen LogP) is 3.46. The number of nitrogens with zero attached hydrogens (tertiary/aromatic N) is 1. The Morgan fingerprint density at radius 3 is 2.73 bits per heavy atom. The van der Waals surface area contributed by atoms with Gasteiger partial charge in [0.1, 0.15) is 5.82 Å². The van der Waals surface area contributed by atoms with E-state index < -0.39 is 0 Å². The van der Waals surface area contributed by atoms with Gasteiger partial charge in [0.15, 0.2) is 0 Å². The van der Waals surface area contributed by atoms with Gasteiger partial charge in [-0.25, -0.2) is 4.98 Å². The number of carbonyl (C=O) groups excluding carboxylic acids is 1. The van der Waals surface area contributed by atoms with Gasteiger partial charge in [0.2, 0.25) is 5.91 Å². The lowest BCUT2D eigenvalue weighted by atomic mass is 10.1. The van der Waals surface area contributed by atoms with Crippen molar-refractivity contribution in [2.75, 3.05) is 6.54 Å². The van der Waals surface area contributed by atoms with E-state index in [4.69, 9.17) is 0 Å². The van der Waals surface area contributed by atoms with Crippen molar-refractivity contribution >= 4 is 16.8 Å². The molecule has 130 valence electrons. The molecule has 0 saturated heterocycles. The van der Waals surface area contributed by atoms with Crippen LogP contribution in [0, 0.1) is 0 Å². The van der Waals surface area contributed by atoms with E-state index in [0.717, 1.165) is 40.0 Å². The molecule has 0 aliphatic carbocycles. The van der Waals surface area contributed by atoms with E-state index in [1.54, 1.807) is 0 Å². The van der Waals surface area contributed by atoms with Crippen molar-refractivity contribution in [2.45, 2.75) is 12.8 Å². The predicted molar refractivity (Wildman–Crippen MR) is 103 cm³/mol. The van der Waals surface area contributed by atoms with E-state index in [1.807, 2.05) is 67.0 Å². The molecular weight excluding hydrogens is 324 g/mol. The Morgan fingerprint density at radius 1 is 1.04 bits per heavy atom. The van der Waals surface area contributed by atoms with Gasteiger partial charge in [-0.1, -0.05) is 48.5 Å². The van der Waals surface area contributed by atoms with Crippen LogP contribution in [0.1, 0.15) is 11.3 Å². The number of hydrogen-bond donors (Lipinski definition) is 3. The largest absolute Gasteiger partial charge is 0.361 e. The smallest absolute Gasteiger partial charge is 0.224 e. The van der Waals surface area contributed by atoms with Gasteiger partial charge in [-0.3, -0.25) is 4.79 Å². The van der Waals surface area contributed by atoms with E-state index in [-0.39, 0.29) is 5.91 Å². The van der Waals surface area contributed by atoms with Crippen molar-refractivity contribution in [1.82, 2.24) is 20.3 Å². The number of nitrogens with one attached hydrogen (secondary N) is 3. The SMILES string of the molecule is O=C(Cc1c[nH]c2ccccc12)NCCc1cnc(-c2ccccc2)[nH]1. The molecule has 4 aromatic rings. The van der Waals surface area contributed by atoms with Crippen LogP contribution in [0.2, 0.25) is 0 Å². The maximum absolute atomic E-state index is 12.2. The van der Waals surface area contributed by atoms with Crippen molar-refractivity contribution in [1.29, 1.82) is 0 Å². The van der Waals surface area contributed by atoms with Gasteiger partial charge >= 0.3 is 0 Å². The minimum absolute atomic E-state index is 0.0255. The molecule has 0 fully saturated rings. The van der Waals surface area contributed by atoms with Crippen LogP contribution in [0.15, 0.2) is 67.0 Å². The fourth-order valence-corrected chi connectivity index (χ4v) is 3.08. The lowest BCUT2D eigenvalue weighted by Gasteiger charge is -2.04. The number of amides is 1. The quantitative estimate of drug-likeness (QED) is 0.501. The lowest BCUT2D eigenvalue weighted by molar-refractivity contribution is -0.120. The van der Waals surface area contributed by atoms with Crippen LogP contribution in [0.4, 0.5) is 0 Å². The molecule has 0 spiro atoms. The molecule has 0 bridgehead atoms. The molecule has 2 aromatic carbocycles. The first kappa shape index (κ1) is 16.1. The fraction of sp³-hybridized carbons (Fsp3) is 0.143. The van der Waals surface area contributed by atoms with Crippen molar-refractivity contribution in [3.05, 3.63) is 78.2 Å². The molecule has 4 rings (SSSR count). The Balaban J connectivity index is 1.31. The fourth-order valence-electron chi connectivity index (χ4n) is 3.08. The second kappa shape index (κ2) is 7.27. The molecule has 0 saturated carbocycles. The summed E-state index contributed by atoms with van der Waals surface area (Å²) in [4.78, 5) is 23.1. The number of imidazole rings is 1. The van der Waals surface area contributed by atoms with Gasteiger partial charge in [0.25, 0.3) is 0 Å². The Labute approximate surface area is 151 Å². The number of rotatable bonds is 6. The minimum Gasteiger partial charge on any atom is -0.361 e. The Hall–Kier alpha value is -3.34. The van der Waals surface area contributed by atoms with Gasteiger partial charge < -0.3 is 15.3 Å². The number of fused-ring (bicyclic) bond motifs is 1. The van der Waals surface area contributed by atoms with Crippen molar-refractivity contribution in [3.8, 4) is 11.4 Å². The van der Waals surface area contributed by atoms with Crippen molar-refractivity contribution in [2.24, 2.45) is 0 Å². The first-order valence-corrected chi connectivity index (χ1v) is 8.70. The van der Waals surface area contributed by atoms with Crippen LogP contribution in [0.5, 0.6) is 0 Å². The number of hydrogen-bond acceptors (Lipinski definition) is 2. The molecule has 0 aliphatic rings. The highest BCUT2D eigenvalue weighted by atomic mass is 16.1. The minimum atomic E-state index is 0.0255. The van der Waals surface area contributed by atoms with E-state index in [2.05, 4.69) is 20.3 Å². The Morgan fingerprint density at radius 2 is 1.85 bits per heavy atom. The third-order valence-electron chi connectivity index (χ3n) is 4.42. The highest BCUT2D eigenvalue weighted by molar-refractivity contribution is 5.88. The molecule has 0 atom stereocenters. The number of aromatic nitrogens is 3. The summed E-state index contributed by atoms with van der Waals surface area (Å²) in [5.41, 5.74) is 4.14. The summed E-state index contributed by atoms with van der Waals surface area (Å²) in [6.45, 7) is 0.581. The third kappa shape index (κ3) is 3.52. The number of para-hydroxylation sites is 1. The summed E-state index contributed by atoms with van der Waals surface area (Å²) < 4.78 is 0. The maximum atomic E-state index is 12.2. The average molecular weight is 344 g/mol. The van der Waals surface area contributed by atoms with Gasteiger partial charge in [0, 0.05) is 47.5 Å². The second-order valence-electron chi connectivity index (χ2n) is 6.26. The zero-order valence-corrected chi connectivity index (χ0v) is 14.3. The second-order valence-corrected chi connectivity index (χ2v) is 6.26. The van der Waals surface area contributed by atoms with Crippen LogP contribution < -0.4 is 5.32 Å². The molecule has 0 radical (unpaired) electrons. The van der Waals surface area contributed by atoms with E-state index in [0.29, 0.717) is 13.0 Å². The summed E-state index contributed by atoms with van der Waals surface area (Å²) in [6.07, 6.45) is 4.83. The maximum Gasteiger partial charge on any atom is 0.224 e. The molecule has 1 amide bonds. The van der Waals surface area contributed by atoms with E-state index in [9.17, 15) is 4.79 Å². The monoisotopic (exact) mass is 344 g/mol. The van der Waals surface area contributed by atoms with Gasteiger partial charge in [0.05, 0.1) is 6.42 Å². The van der Waals surface area contributed by atoms with E-state index in [1.165, 1.54) is 0 Å². The molecule has 5 nitrogen and oxygen atoms in total. The summed E-state index contributed by atoms with van der Waals surface area (Å²) in [5, 5.41) is 4.08. The first-order valence-electron chi connectivity index (χ1n) is 8.70. The summed E-state index contributed by atoms with van der Waals surface area (Å²) in [5.74, 6) is 0.878. The molecule has 26 heavy (non-hydrogen) atoms. The van der Waals surface area contributed by atoms with Crippen molar-refractivity contribution < 1.29 is 4.79 Å². The standard InChI is InChI=1S/C21H20N4O/c26-20(12-16-13-23-19-9-5-4-8-18(16)19)22-11-10-17-14-24-21(25-17)15-6-2-1-3-7-15/h1-9,13-14,23H,10-12H2,(H,22,26)(H,24,25). The Bertz CT molecular complexity index is 1020. The normalized spacial score (nSPS) is 10.9. The van der Waals surface area contributed by atoms with Crippen LogP contribution in [-0.2, 0) is 17.6 Å².